The van der Waals surface area contributed by atoms with Gasteiger partial charge in [-0.15, -0.1) is 0 Å². The first-order valence-corrected chi connectivity index (χ1v) is 4.08. The molecule has 0 spiro atoms. The van der Waals surface area contributed by atoms with Crippen molar-refractivity contribution in [2.45, 2.75) is 0 Å². The maximum Gasteiger partial charge on any atom is 0.332 e. The van der Waals surface area contributed by atoms with E-state index in [2.05, 4.69) is 4.98 Å². The van der Waals surface area contributed by atoms with E-state index in [0.29, 0.717) is 5.52 Å². The monoisotopic (exact) mass is 206 g/mol. The molecule has 6 heteroatoms. The number of nitro groups is 1. The minimum Gasteiger partial charge on any atom is -0.508 e. The summed E-state index contributed by atoms with van der Waals surface area (Å²) in [6, 6.07) is 4.07. The molecule has 15 heavy (non-hydrogen) atoms. The van der Waals surface area contributed by atoms with Crippen molar-refractivity contribution >= 4 is 16.6 Å². The van der Waals surface area contributed by atoms with Crippen LogP contribution in [-0.2, 0) is 0 Å². The number of benzene rings is 1. The van der Waals surface area contributed by atoms with Gasteiger partial charge < -0.3 is 10.1 Å². The van der Waals surface area contributed by atoms with Crippen molar-refractivity contribution in [1.82, 2.24) is 4.98 Å². The molecule has 0 amide bonds. The summed E-state index contributed by atoms with van der Waals surface area (Å²) >= 11 is 0. The zero-order valence-electron chi connectivity index (χ0n) is 7.43. The fourth-order valence-corrected chi connectivity index (χ4v) is 1.33. The number of hydrogen-bond donors (Lipinski definition) is 2. The van der Waals surface area contributed by atoms with E-state index in [0.717, 1.165) is 6.20 Å². The van der Waals surface area contributed by atoms with Gasteiger partial charge in [0.1, 0.15) is 5.75 Å². The fraction of sp³-hybridized carbons (Fsp3) is 0. The molecule has 1 heterocycles. The summed E-state index contributed by atoms with van der Waals surface area (Å²) in [5.74, 6) is -0.103. The van der Waals surface area contributed by atoms with Gasteiger partial charge in [-0.3, -0.25) is 14.9 Å². The van der Waals surface area contributed by atoms with Crippen LogP contribution in [0.15, 0.2) is 29.2 Å². The summed E-state index contributed by atoms with van der Waals surface area (Å²) in [5.41, 5.74) is -0.791. The number of nitrogens with one attached hydrogen (secondary N) is 1. The fourth-order valence-electron chi connectivity index (χ4n) is 1.33. The molecule has 2 rings (SSSR count). The Hall–Kier alpha value is -2.37. The van der Waals surface area contributed by atoms with Crippen LogP contribution in [0.5, 0.6) is 5.75 Å². The van der Waals surface area contributed by atoms with E-state index in [1.165, 1.54) is 18.2 Å². The molecule has 0 bridgehead atoms. The van der Waals surface area contributed by atoms with Crippen molar-refractivity contribution < 1.29 is 10.0 Å². The molecule has 1 aromatic heterocycles. The Morgan fingerprint density at radius 2 is 2.13 bits per heavy atom. The molecule has 0 aliphatic carbocycles. The molecule has 0 saturated carbocycles. The summed E-state index contributed by atoms with van der Waals surface area (Å²) < 4.78 is 0. The Labute approximate surface area is 82.9 Å². The smallest absolute Gasteiger partial charge is 0.332 e. The summed E-state index contributed by atoms with van der Waals surface area (Å²) in [5, 5.41) is 19.7. The van der Waals surface area contributed by atoms with E-state index >= 15 is 0 Å². The molecular formula is C9H6N2O4. The molecular weight excluding hydrogens is 200 g/mol. The molecule has 0 saturated heterocycles. The predicted molar refractivity (Wildman–Crippen MR) is 52.9 cm³/mol. The van der Waals surface area contributed by atoms with E-state index < -0.39 is 16.0 Å². The number of aromatic hydroxyl groups is 1. The lowest BCUT2D eigenvalue weighted by atomic mass is 10.2. The van der Waals surface area contributed by atoms with E-state index in [1.54, 1.807) is 0 Å². The van der Waals surface area contributed by atoms with Crippen molar-refractivity contribution in [3.05, 3.63) is 44.7 Å². The van der Waals surface area contributed by atoms with Gasteiger partial charge in [0.05, 0.1) is 16.5 Å². The Morgan fingerprint density at radius 1 is 1.40 bits per heavy atom. The molecule has 0 unspecified atom stereocenters. The highest BCUT2D eigenvalue weighted by Gasteiger charge is 2.14. The van der Waals surface area contributed by atoms with Gasteiger partial charge in [-0.2, -0.15) is 0 Å². The molecule has 0 fully saturated rings. The van der Waals surface area contributed by atoms with E-state index in [9.17, 15) is 14.9 Å². The first-order valence-electron chi connectivity index (χ1n) is 4.08. The Kier molecular flexibility index (Phi) is 1.89. The standard InChI is InChI=1S/C9H6N2O4/c12-5-1-2-7-6(3-5)9(13)8(4-10-7)11(14)15/h1-4,12H,(H,10,13). The number of H-pyrrole nitrogens is 1. The molecule has 6 nitrogen and oxygen atoms in total. The number of phenols is 1. The largest absolute Gasteiger partial charge is 0.508 e. The van der Waals surface area contributed by atoms with Crippen molar-refractivity contribution in [2.75, 3.05) is 0 Å². The lowest BCUT2D eigenvalue weighted by molar-refractivity contribution is -0.386. The van der Waals surface area contributed by atoms with Crippen LogP contribution in [-0.4, -0.2) is 15.0 Å². The summed E-state index contributed by atoms with van der Waals surface area (Å²) in [7, 11) is 0. The van der Waals surface area contributed by atoms with Crippen LogP contribution in [0.4, 0.5) is 5.69 Å². The molecule has 76 valence electrons. The maximum absolute atomic E-state index is 11.5. The van der Waals surface area contributed by atoms with Crippen molar-refractivity contribution in [3.63, 3.8) is 0 Å². The number of pyridine rings is 1. The van der Waals surface area contributed by atoms with Crippen LogP contribution in [0.1, 0.15) is 0 Å². The zero-order valence-corrected chi connectivity index (χ0v) is 7.43. The topological polar surface area (TPSA) is 96.2 Å². The van der Waals surface area contributed by atoms with Gasteiger partial charge in [0.25, 0.3) is 5.43 Å². The zero-order chi connectivity index (χ0) is 11.0. The van der Waals surface area contributed by atoms with Gasteiger partial charge in [-0.05, 0) is 18.2 Å². The number of nitrogens with zero attached hydrogens (tertiary/aromatic N) is 1. The number of hydrogen-bond acceptors (Lipinski definition) is 4. The highest BCUT2D eigenvalue weighted by Crippen LogP contribution is 2.17. The van der Waals surface area contributed by atoms with Gasteiger partial charge >= 0.3 is 5.69 Å². The van der Waals surface area contributed by atoms with Gasteiger partial charge in [-0.25, -0.2) is 0 Å². The first kappa shape index (κ1) is 9.20. The molecule has 2 aromatic rings. The third kappa shape index (κ3) is 1.41. The Bertz CT molecular complexity index is 603. The molecule has 0 aliphatic heterocycles. The average molecular weight is 206 g/mol. The third-order valence-electron chi connectivity index (χ3n) is 2.04. The van der Waals surface area contributed by atoms with Gasteiger partial charge in [-0.1, -0.05) is 0 Å². The van der Waals surface area contributed by atoms with Crippen LogP contribution in [0, 0.1) is 10.1 Å². The molecule has 0 radical (unpaired) electrons. The predicted octanol–water partition coefficient (Wildman–Crippen LogP) is 1.14. The molecule has 0 aliphatic rings. The average Bonchev–Trinajstić information content (AvgIpc) is 2.19. The highest BCUT2D eigenvalue weighted by molar-refractivity contribution is 5.81. The molecule has 2 N–H and O–H groups in total. The number of fused-ring (bicyclic) bond motifs is 1. The van der Waals surface area contributed by atoms with E-state index in [-0.39, 0.29) is 11.1 Å². The van der Waals surface area contributed by atoms with Crippen LogP contribution < -0.4 is 5.43 Å². The van der Waals surface area contributed by atoms with Gasteiger partial charge in [0, 0.05) is 5.52 Å². The number of aromatic nitrogens is 1. The van der Waals surface area contributed by atoms with Crippen molar-refractivity contribution in [2.24, 2.45) is 0 Å². The van der Waals surface area contributed by atoms with Crippen molar-refractivity contribution in [1.29, 1.82) is 0 Å². The Balaban J connectivity index is 2.89. The van der Waals surface area contributed by atoms with Crippen LogP contribution in [0.3, 0.4) is 0 Å². The summed E-state index contributed by atoms with van der Waals surface area (Å²) in [6.07, 6.45) is 1.04. The number of aromatic amines is 1. The normalized spacial score (nSPS) is 10.4. The van der Waals surface area contributed by atoms with Crippen molar-refractivity contribution in [3.8, 4) is 5.75 Å². The van der Waals surface area contributed by atoms with Crippen LogP contribution in [0.2, 0.25) is 0 Å². The lowest BCUT2D eigenvalue weighted by Crippen LogP contribution is -2.08. The summed E-state index contributed by atoms with van der Waals surface area (Å²) in [4.78, 5) is 23.9. The SMILES string of the molecule is O=c1c([N+](=O)[O-])c[nH]c2ccc(O)cc12. The highest BCUT2D eigenvalue weighted by atomic mass is 16.6. The van der Waals surface area contributed by atoms with E-state index in [1.807, 2.05) is 0 Å². The maximum atomic E-state index is 11.5. The second-order valence-corrected chi connectivity index (χ2v) is 2.99. The second kappa shape index (κ2) is 3.09. The quantitative estimate of drug-likeness (QED) is 0.540. The summed E-state index contributed by atoms with van der Waals surface area (Å²) in [6.45, 7) is 0. The van der Waals surface area contributed by atoms with Gasteiger partial charge in [0.2, 0.25) is 0 Å². The lowest BCUT2D eigenvalue weighted by Gasteiger charge is -1.98. The molecule has 0 atom stereocenters. The second-order valence-electron chi connectivity index (χ2n) is 2.99. The number of rotatable bonds is 1. The number of phenolic OH excluding ortho intramolecular Hbond substituents is 1. The minimum atomic E-state index is -0.762. The van der Waals surface area contributed by atoms with Crippen LogP contribution >= 0.6 is 0 Å². The third-order valence-corrected chi connectivity index (χ3v) is 2.04. The first-order chi connectivity index (χ1) is 7.09. The van der Waals surface area contributed by atoms with Crippen LogP contribution in [0.25, 0.3) is 10.9 Å². The Morgan fingerprint density at radius 3 is 2.80 bits per heavy atom. The van der Waals surface area contributed by atoms with E-state index in [4.69, 9.17) is 5.11 Å². The van der Waals surface area contributed by atoms with Gasteiger partial charge in [0.15, 0.2) is 0 Å². The minimum absolute atomic E-state index is 0.101. The molecule has 1 aromatic carbocycles.